The molecule has 4 aromatic rings. The highest BCUT2D eigenvalue weighted by molar-refractivity contribution is 7.17. The summed E-state index contributed by atoms with van der Waals surface area (Å²) in [6.45, 7) is 10.5. The van der Waals surface area contributed by atoms with Crippen LogP contribution in [0.15, 0.2) is 29.6 Å². The van der Waals surface area contributed by atoms with Crippen LogP contribution < -0.4 is 10.6 Å². The van der Waals surface area contributed by atoms with Crippen LogP contribution in [0.3, 0.4) is 0 Å². The van der Waals surface area contributed by atoms with E-state index in [1.807, 2.05) is 6.07 Å². The second-order valence-electron chi connectivity index (χ2n) is 8.04. The molecule has 0 saturated heterocycles. The highest BCUT2D eigenvalue weighted by atomic mass is 32.1. The first-order valence-corrected chi connectivity index (χ1v) is 9.96. The average Bonchev–Trinajstić information content (AvgIpc) is 3.19. The van der Waals surface area contributed by atoms with Gasteiger partial charge in [-0.05, 0) is 49.7 Å². The van der Waals surface area contributed by atoms with Crippen LogP contribution in [0.25, 0.3) is 21.3 Å². The van der Waals surface area contributed by atoms with E-state index in [-0.39, 0.29) is 5.54 Å². The molecule has 0 saturated carbocycles. The summed E-state index contributed by atoms with van der Waals surface area (Å²) in [4.78, 5) is 17.4. The highest BCUT2D eigenvalue weighted by Gasteiger charge is 2.18. The Bertz CT molecular complexity index is 1100. The maximum Gasteiger partial charge on any atom is 0.231 e. The Morgan fingerprint density at radius 3 is 2.63 bits per heavy atom. The number of nitrogens with one attached hydrogen (secondary N) is 3. The number of aromatic nitrogens is 4. The number of aromatic amines is 1. The van der Waals surface area contributed by atoms with Crippen LogP contribution in [-0.4, -0.2) is 25.5 Å². The van der Waals surface area contributed by atoms with Gasteiger partial charge in [-0.2, -0.15) is 9.97 Å². The van der Waals surface area contributed by atoms with E-state index < -0.39 is 0 Å². The summed E-state index contributed by atoms with van der Waals surface area (Å²) >= 11 is 1.72. The standard InChI is InChI=1S/C20H24N6S/c1-11(2)16-22-15-17(23-16)24-19(25-18(15)26-20(3,4)5)21-13-7-6-12-8-9-27-14(12)10-13/h6-11H,1-5H3,(H3,21,22,23,24,25,26). The van der Waals surface area contributed by atoms with Gasteiger partial charge in [0.1, 0.15) is 11.3 Å². The van der Waals surface area contributed by atoms with Crippen molar-refractivity contribution in [3.63, 3.8) is 0 Å². The van der Waals surface area contributed by atoms with Crippen LogP contribution in [0, 0.1) is 0 Å². The predicted octanol–water partition coefficient (Wildman–Crippen LogP) is 5.65. The third kappa shape index (κ3) is 3.73. The van der Waals surface area contributed by atoms with E-state index in [9.17, 15) is 0 Å². The average molecular weight is 381 g/mol. The molecule has 7 heteroatoms. The zero-order valence-corrected chi connectivity index (χ0v) is 17.0. The molecule has 0 radical (unpaired) electrons. The molecule has 0 amide bonds. The molecule has 0 bridgehead atoms. The van der Waals surface area contributed by atoms with Crippen LogP contribution in [0.1, 0.15) is 46.4 Å². The number of fused-ring (bicyclic) bond motifs is 2. The maximum absolute atomic E-state index is 4.72. The van der Waals surface area contributed by atoms with Gasteiger partial charge in [0.25, 0.3) is 0 Å². The van der Waals surface area contributed by atoms with Gasteiger partial charge in [-0.25, -0.2) is 4.98 Å². The minimum Gasteiger partial charge on any atom is -0.364 e. The summed E-state index contributed by atoms with van der Waals surface area (Å²) in [6, 6.07) is 8.39. The molecule has 1 aromatic carbocycles. The lowest BCUT2D eigenvalue weighted by Gasteiger charge is -2.21. The number of rotatable bonds is 4. The molecule has 0 atom stereocenters. The zero-order chi connectivity index (χ0) is 19.2. The highest BCUT2D eigenvalue weighted by Crippen LogP contribution is 2.28. The number of hydrogen-bond donors (Lipinski definition) is 3. The fourth-order valence-corrected chi connectivity index (χ4v) is 3.68. The number of nitrogens with zero attached hydrogens (tertiary/aromatic N) is 3. The molecular weight excluding hydrogens is 356 g/mol. The van der Waals surface area contributed by atoms with E-state index >= 15 is 0 Å². The number of imidazole rings is 1. The van der Waals surface area contributed by atoms with Gasteiger partial charge < -0.3 is 15.6 Å². The Kier molecular flexibility index (Phi) is 4.26. The third-order valence-corrected chi connectivity index (χ3v) is 5.00. The van der Waals surface area contributed by atoms with Gasteiger partial charge in [-0.1, -0.05) is 19.9 Å². The Labute approximate surface area is 162 Å². The summed E-state index contributed by atoms with van der Waals surface area (Å²) in [5.74, 6) is 2.49. The number of thiophene rings is 1. The van der Waals surface area contributed by atoms with Gasteiger partial charge in [0.05, 0.1) is 0 Å². The molecule has 6 nitrogen and oxygen atoms in total. The molecule has 3 N–H and O–H groups in total. The molecule has 0 aliphatic heterocycles. The normalized spacial score (nSPS) is 12.2. The van der Waals surface area contributed by atoms with Crippen molar-refractivity contribution in [3.05, 3.63) is 35.5 Å². The SMILES string of the molecule is CC(C)c1nc2nc(Nc3ccc4ccsc4c3)nc(NC(C)(C)C)c2[nH]1. The van der Waals surface area contributed by atoms with Crippen molar-refractivity contribution in [3.8, 4) is 0 Å². The summed E-state index contributed by atoms with van der Waals surface area (Å²) in [6.07, 6.45) is 0. The van der Waals surface area contributed by atoms with Crippen LogP contribution in [0.5, 0.6) is 0 Å². The lowest BCUT2D eigenvalue weighted by Crippen LogP contribution is -2.27. The molecule has 3 heterocycles. The quantitative estimate of drug-likeness (QED) is 0.427. The van der Waals surface area contributed by atoms with E-state index in [0.717, 1.165) is 22.8 Å². The van der Waals surface area contributed by atoms with Gasteiger partial charge in [0, 0.05) is 21.8 Å². The van der Waals surface area contributed by atoms with E-state index in [4.69, 9.17) is 4.98 Å². The van der Waals surface area contributed by atoms with Crippen molar-refractivity contribution in [2.24, 2.45) is 0 Å². The maximum atomic E-state index is 4.72. The minimum atomic E-state index is -0.127. The van der Waals surface area contributed by atoms with Crippen molar-refractivity contribution in [2.45, 2.75) is 46.1 Å². The second kappa shape index (κ2) is 6.49. The number of anilines is 3. The smallest absolute Gasteiger partial charge is 0.231 e. The molecule has 0 fully saturated rings. The third-order valence-electron chi connectivity index (χ3n) is 4.12. The van der Waals surface area contributed by atoms with Gasteiger partial charge >= 0.3 is 0 Å². The summed E-state index contributed by atoms with van der Waals surface area (Å²) in [7, 11) is 0. The van der Waals surface area contributed by atoms with E-state index in [0.29, 0.717) is 17.5 Å². The Hall–Kier alpha value is -2.67. The van der Waals surface area contributed by atoms with Crippen molar-refractivity contribution < 1.29 is 0 Å². The molecular formula is C20H24N6S. The Morgan fingerprint density at radius 1 is 1.07 bits per heavy atom. The number of hydrogen-bond acceptors (Lipinski definition) is 6. The molecule has 0 spiro atoms. The van der Waals surface area contributed by atoms with E-state index in [1.54, 1.807) is 11.3 Å². The summed E-state index contributed by atoms with van der Waals surface area (Å²) < 4.78 is 1.23. The zero-order valence-electron chi connectivity index (χ0n) is 16.2. The number of H-pyrrole nitrogens is 1. The number of benzene rings is 1. The van der Waals surface area contributed by atoms with E-state index in [2.05, 4.69) is 83.8 Å². The first-order valence-electron chi connectivity index (χ1n) is 9.08. The summed E-state index contributed by atoms with van der Waals surface area (Å²) in [5.41, 5.74) is 2.34. The fraction of sp³-hybridized carbons (Fsp3) is 0.350. The predicted molar refractivity (Wildman–Crippen MR) is 114 cm³/mol. The van der Waals surface area contributed by atoms with Gasteiger partial charge in [-0.3, -0.25) is 0 Å². The molecule has 27 heavy (non-hydrogen) atoms. The molecule has 4 rings (SSSR count). The molecule has 0 aliphatic carbocycles. The first-order chi connectivity index (χ1) is 12.8. The van der Waals surface area contributed by atoms with Crippen molar-refractivity contribution >= 4 is 50.0 Å². The van der Waals surface area contributed by atoms with Crippen LogP contribution in [0.4, 0.5) is 17.5 Å². The monoisotopic (exact) mass is 380 g/mol. The van der Waals surface area contributed by atoms with Gasteiger partial charge in [0.2, 0.25) is 5.95 Å². The van der Waals surface area contributed by atoms with Gasteiger partial charge in [-0.15, -0.1) is 11.3 Å². The van der Waals surface area contributed by atoms with Crippen LogP contribution in [-0.2, 0) is 0 Å². The van der Waals surface area contributed by atoms with Crippen molar-refractivity contribution in [1.82, 2.24) is 19.9 Å². The van der Waals surface area contributed by atoms with Crippen molar-refractivity contribution in [1.29, 1.82) is 0 Å². The van der Waals surface area contributed by atoms with Crippen LogP contribution in [0.2, 0.25) is 0 Å². The minimum absolute atomic E-state index is 0.127. The van der Waals surface area contributed by atoms with E-state index in [1.165, 1.54) is 10.1 Å². The first kappa shape index (κ1) is 17.7. The molecule has 140 valence electrons. The second-order valence-corrected chi connectivity index (χ2v) is 8.99. The molecule has 0 aliphatic rings. The van der Waals surface area contributed by atoms with Crippen molar-refractivity contribution in [2.75, 3.05) is 10.6 Å². The van der Waals surface area contributed by atoms with Gasteiger partial charge in [0.15, 0.2) is 11.5 Å². The molecule has 3 aromatic heterocycles. The molecule has 0 unspecified atom stereocenters. The topological polar surface area (TPSA) is 78.5 Å². The largest absolute Gasteiger partial charge is 0.364 e. The lowest BCUT2D eigenvalue weighted by molar-refractivity contribution is 0.631. The Morgan fingerprint density at radius 2 is 1.89 bits per heavy atom. The Balaban J connectivity index is 1.77. The summed E-state index contributed by atoms with van der Waals surface area (Å²) in [5, 5.41) is 10.1. The fourth-order valence-electron chi connectivity index (χ4n) is 2.85. The lowest BCUT2D eigenvalue weighted by atomic mass is 10.1. The van der Waals surface area contributed by atoms with Crippen LogP contribution >= 0.6 is 11.3 Å².